The first-order valence-electron chi connectivity index (χ1n) is 8.22. The van der Waals surface area contributed by atoms with Crippen molar-refractivity contribution in [1.82, 2.24) is 9.62 Å². The summed E-state index contributed by atoms with van der Waals surface area (Å²) in [7, 11) is -3.72. The van der Waals surface area contributed by atoms with E-state index in [1.54, 1.807) is 18.2 Å². The summed E-state index contributed by atoms with van der Waals surface area (Å²) in [6.07, 6.45) is 2.10. The quantitative estimate of drug-likeness (QED) is 0.759. The number of carbonyl (C=O) groups is 1. The molecule has 1 saturated carbocycles. The Morgan fingerprint density at radius 2 is 1.96 bits per heavy atom. The first-order valence-corrected chi connectivity index (χ1v) is 9.66. The van der Waals surface area contributed by atoms with Gasteiger partial charge in [-0.3, -0.25) is 4.79 Å². The molecule has 132 valence electrons. The Labute approximate surface area is 142 Å². The van der Waals surface area contributed by atoms with E-state index in [4.69, 9.17) is 10.5 Å². The molecule has 2 aliphatic rings. The summed E-state index contributed by atoms with van der Waals surface area (Å²) in [4.78, 5) is 12.7. The van der Waals surface area contributed by atoms with Crippen LogP contribution in [0.1, 0.15) is 23.2 Å². The molecule has 1 aromatic rings. The maximum Gasteiger partial charge on any atom is 0.252 e. The standard InChI is InChI=1S/C16H23N3O4S/c17-11-14(12-5-6-12)18-16(20)13-3-1-2-4-15(13)24(21,22)19-7-9-23-10-8-19/h1-4,12,14H,5-11,17H2,(H,18,20). The van der Waals surface area contributed by atoms with Crippen molar-refractivity contribution < 1.29 is 17.9 Å². The van der Waals surface area contributed by atoms with Crippen molar-refractivity contribution in [2.75, 3.05) is 32.8 Å². The number of amides is 1. The number of nitrogens with one attached hydrogen (secondary N) is 1. The minimum atomic E-state index is -3.72. The Balaban J connectivity index is 1.85. The lowest BCUT2D eigenvalue weighted by Crippen LogP contribution is -2.43. The summed E-state index contributed by atoms with van der Waals surface area (Å²) >= 11 is 0. The van der Waals surface area contributed by atoms with Crippen molar-refractivity contribution in [2.45, 2.75) is 23.8 Å². The zero-order chi connectivity index (χ0) is 17.2. The molecule has 7 nitrogen and oxygen atoms in total. The molecule has 3 rings (SSSR count). The van der Waals surface area contributed by atoms with E-state index in [9.17, 15) is 13.2 Å². The van der Waals surface area contributed by atoms with Crippen LogP contribution < -0.4 is 11.1 Å². The fraction of sp³-hybridized carbons (Fsp3) is 0.562. The summed E-state index contributed by atoms with van der Waals surface area (Å²) < 4.78 is 32.3. The summed E-state index contributed by atoms with van der Waals surface area (Å²) in [6.45, 7) is 1.68. The van der Waals surface area contributed by atoms with E-state index in [0.29, 0.717) is 38.8 Å². The number of nitrogens with zero attached hydrogens (tertiary/aromatic N) is 1. The van der Waals surface area contributed by atoms with Gasteiger partial charge >= 0.3 is 0 Å². The van der Waals surface area contributed by atoms with Gasteiger partial charge in [-0.25, -0.2) is 8.42 Å². The minimum Gasteiger partial charge on any atom is -0.379 e. The molecule has 0 bridgehead atoms. The van der Waals surface area contributed by atoms with Gasteiger partial charge in [0.2, 0.25) is 10.0 Å². The lowest BCUT2D eigenvalue weighted by atomic mass is 10.1. The number of ether oxygens (including phenoxy) is 1. The summed E-state index contributed by atoms with van der Waals surface area (Å²) in [6, 6.07) is 6.22. The second-order valence-corrected chi connectivity index (χ2v) is 8.07. The molecule has 1 aliphatic carbocycles. The molecular formula is C16H23N3O4S. The highest BCUT2D eigenvalue weighted by Crippen LogP contribution is 2.32. The monoisotopic (exact) mass is 353 g/mol. The van der Waals surface area contributed by atoms with Crippen molar-refractivity contribution in [3.63, 3.8) is 0 Å². The van der Waals surface area contributed by atoms with Gasteiger partial charge in [-0.1, -0.05) is 12.1 Å². The third-order valence-corrected chi connectivity index (χ3v) is 6.44. The number of morpholine rings is 1. The van der Waals surface area contributed by atoms with Gasteiger partial charge in [0.15, 0.2) is 0 Å². The molecule has 3 N–H and O–H groups in total. The first kappa shape index (κ1) is 17.3. The summed E-state index contributed by atoms with van der Waals surface area (Å²) in [5, 5.41) is 2.89. The molecule has 2 fully saturated rings. The predicted octanol–water partition coefficient (Wildman–Crippen LogP) is 0.175. The van der Waals surface area contributed by atoms with E-state index in [1.807, 2.05) is 0 Å². The Kier molecular flexibility index (Phi) is 5.19. The van der Waals surface area contributed by atoms with Crippen LogP contribution in [0.2, 0.25) is 0 Å². The van der Waals surface area contributed by atoms with Gasteiger partial charge in [-0.15, -0.1) is 0 Å². The van der Waals surface area contributed by atoms with E-state index in [2.05, 4.69) is 5.32 Å². The first-order chi connectivity index (χ1) is 11.5. The lowest BCUT2D eigenvalue weighted by molar-refractivity contribution is 0.0729. The molecule has 8 heteroatoms. The summed E-state index contributed by atoms with van der Waals surface area (Å²) in [5.74, 6) is 0.0201. The number of nitrogens with two attached hydrogens (primary N) is 1. The zero-order valence-corrected chi connectivity index (χ0v) is 14.3. The lowest BCUT2D eigenvalue weighted by Gasteiger charge is -2.27. The Hall–Kier alpha value is -1.48. The molecule has 1 aromatic carbocycles. The van der Waals surface area contributed by atoms with Crippen molar-refractivity contribution >= 4 is 15.9 Å². The van der Waals surface area contributed by atoms with Crippen LogP contribution in [0.25, 0.3) is 0 Å². The normalized spacial score (nSPS) is 20.5. The number of sulfonamides is 1. The fourth-order valence-corrected chi connectivity index (χ4v) is 4.52. The molecule has 0 aromatic heterocycles. The highest BCUT2D eigenvalue weighted by Gasteiger charge is 2.34. The van der Waals surface area contributed by atoms with Crippen LogP contribution in [0, 0.1) is 5.92 Å². The number of hydrogen-bond acceptors (Lipinski definition) is 5. The molecule has 1 aliphatic heterocycles. The van der Waals surface area contributed by atoms with Crippen molar-refractivity contribution in [1.29, 1.82) is 0 Å². The molecule has 1 unspecified atom stereocenters. The molecular weight excluding hydrogens is 330 g/mol. The SMILES string of the molecule is NCC(NC(=O)c1ccccc1S(=O)(=O)N1CCOCC1)C1CC1. The predicted molar refractivity (Wildman–Crippen MR) is 89.1 cm³/mol. The third-order valence-electron chi connectivity index (χ3n) is 4.48. The molecule has 0 radical (unpaired) electrons. The highest BCUT2D eigenvalue weighted by molar-refractivity contribution is 7.89. The van der Waals surface area contributed by atoms with Gasteiger partial charge < -0.3 is 15.8 Å². The van der Waals surface area contributed by atoms with Crippen LogP contribution >= 0.6 is 0 Å². The van der Waals surface area contributed by atoms with Crippen LogP contribution in [-0.4, -0.2) is 57.5 Å². The van der Waals surface area contributed by atoms with E-state index < -0.39 is 10.0 Å². The number of carbonyl (C=O) groups excluding carboxylic acids is 1. The number of hydrogen-bond donors (Lipinski definition) is 2. The molecule has 1 amide bonds. The maximum absolute atomic E-state index is 12.9. The summed E-state index contributed by atoms with van der Waals surface area (Å²) in [5.41, 5.74) is 5.90. The van der Waals surface area contributed by atoms with E-state index in [-0.39, 0.29) is 22.4 Å². The van der Waals surface area contributed by atoms with Gasteiger partial charge in [0.25, 0.3) is 5.91 Å². The maximum atomic E-state index is 12.9. The van der Waals surface area contributed by atoms with Crippen LogP contribution in [0.3, 0.4) is 0 Å². The molecule has 0 spiro atoms. The van der Waals surface area contributed by atoms with Crippen molar-refractivity contribution in [3.05, 3.63) is 29.8 Å². The van der Waals surface area contributed by atoms with Crippen molar-refractivity contribution in [2.24, 2.45) is 11.7 Å². The van der Waals surface area contributed by atoms with Gasteiger partial charge in [0.05, 0.1) is 23.7 Å². The minimum absolute atomic E-state index is 0.0379. The Morgan fingerprint density at radius 3 is 2.58 bits per heavy atom. The average molecular weight is 353 g/mol. The molecule has 1 atom stereocenters. The van der Waals surface area contributed by atoms with Gasteiger partial charge in [0, 0.05) is 25.7 Å². The van der Waals surface area contributed by atoms with Crippen LogP contribution in [0.15, 0.2) is 29.2 Å². The Bertz CT molecular complexity index is 697. The van der Waals surface area contributed by atoms with Crippen molar-refractivity contribution in [3.8, 4) is 0 Å². The second kappa shape index (κ2) is 7.18. The second-order valence-electron chi connectivity index (χ2n) is 6.17. The smallest absolute Gasteiger partial charge is 0.252 e. The third kappa shape index (κ3) is 3.61. The van der Waals surface area contributed by atoms with E-state index in [0.717, 1.165) is 12.8 Å². The average Bonchev–Trinajstić information content (AvgIpc) is 3.45. The number of rotatable bonds is 6. The van der Waals surface area contributed by atoms with Crippen LogP contribution in [-0.2, 0) is 14.8 Å². The largest absolute Gasteiger partial charge is 0.379 e. The fourth-order valence-electron chi connectivity index (χ4n) is 2.92. The van der Waals surface area contributed by atoms with E-state index in [1.165, 1.54) is 10.4 Å². The highest BCUT2D eigenvalue weighted by atomic mass is 32.2. The Morgan fingerprint density at radius 1 is 1.29 bits per heavy atom. The zero-order valence-electron chi connectivity index (χ0n) is 13.5. The topological polar surface area (TPSA) is 102 Å². The van der Waals surface area contributed by atoms with Gasteiger partial charge in [-0.2, -0.15) is 4.31 Å². The molecule has 1 saturated heterocycles. The van der Waals surface area contributed by atoms with Gasteiger partial charge in [0.1, 0.15) is 0 Å². The molecule has 1 heterocycles. The van der Waals surface area contributed by atoms with E-state index >= 15 is 0 Å². The van der Waals surface area contributed by atoms with Crippen LogP contribution in [0.4, 0.5) is 0 Å². The molecule has 24 heavy (non-hydrogen) atoms. The van der Waals surface area contributed by atoms with Gasteiger partial charge in [-0.05, 0) is 30.9 Å². The van der Waals surface area contributed by atoms with Crippen LogP contribution in [0.5, 0.6) is 0 Å². The number of benzene rings is 1.